The topological polar surface area (TPSA) is 32.3 Å². The molecule has 0 aromatic heterocycles. The average Bonchev–Trinajstić information content (AvgIpc) is 2.63. The second kappa shape index (κ2) is 7.73. The monoisotopic (exact) mass is 380 g/mol. The van der Waals surface area contributed by atoms with E-state index in [1.165, 1.54) is 6.07 Å². The first-order valence-electron chi connectivity index (χ1n) is 8.16. The molecule has 132 valence electrons. The number of rotatable bonds is 3. The molecule has 1 heterocycles. The second-order valence-electron chi connectivity index (χ2n) is 6.26. The van der Waals surface area contributed by atoms with Crippen molar-refractivity contribution in [3.8, 4) is 0 Å². The zero-order valence-electron chi connectivity index (χ0n) is 13.8. The van der Waals surface area contributed by atoms with Gasteiger partial charge >= 0.3 is 0 Å². The lowest BCUT2D eigenvalue weighted by Gasteiger charge is -2.38. The number of likely N-dealkylation sites (N-methyl/N-ethyl adjacent to an activating group) is 1. The SMILES string of the molecule is CN(C(=O)c1ccc(Cl)cc1)C1CCNCC1c1ccc(F)c(Cl)c1. The molecule has 1 aliphatic rings. The zero-order valence-corrected chi connectivity index (χ0v) is 15.3. The van der Waals surface area contributed by atoms with E-state index in [-0.39, 0.29) is 22.9 Å². The summed E-state index contributed by atoms with van der Waals surface area (Å²) in [5, 5.41) is 4.05. The highest BCUT2D eigenvalue weighted by atomic mass is 35.5. The number of benzene rings is 2. The Morgan fingerprint density at radius 3 is 2.60 bits per heavy atom. The molecule has 1 aliphatic heterocycles. The average molecular weight is 381 g/mol. The van der Waals surface area contributed by atoms with Crippen LogP contribution in [0.1, 0.15) is 28.3 Å². The van der Waals surface area contributed by atoms with Gasteiger partial charge in [0.2, 0.25) is 0 Å². The van der Waals surface area contributed by atoms with Gasteiger partial charge in [-0.1, -0.05) is 29.3 Å². The maximum absolute atomic E-state index is 13.5. The normalized spacial score (nSPS) is 20.3. The molecule has 25 heavy (non-hydrogen) atoms. The number of nitrogens with zero attached hydrogens (tertiary/aromatic N) is 1. The van der Waals surface area contributed by atoms with Crippen LogP contribution in [-0.4, -0.2) is 37.0 Å². The van der Waals surface area contributed by atoms with Crippen LogP contribution in [0.15, 0.2) is 42.5 Å². The standard InChI is InChI=1S/C19H19Cl2FN2O/c1-24(19(25)12-2-5-14(20)6-3-12)18-8-9-23-11-15(18)13-4-7-17(22)16(21)10-13/h2-7,10,15,18,23H,8-9,11H2,1H3. The van der Waals surface area contributed by atoms with Crippen LogP contribution in [0, 0.1) is 5.82 Å². The highest BCUT2D eigenvalue weighted by Gasteiger charge is 2.32. The predicted octanol–water partition coefficient (Wildman–Crippen LogP) is 4.35. The highest BCUT2D eigenvalue weighted by molar-refractivity contribution is 6.31. The maximum atomic E-state index is 13.5. The Morgan fingerprint density at radius 2 is 1.92 bits per heavy atom. The minimum Gasteiger partial charge on any atom is -0.338 e. The fraction of sp³-hybridized carbons (Fsp3) is 0.316. The summed E-state index contributed by atoms with van der Waals surface area (Å²) in [4.78, 5) is 14.6. The van der Waals surface area contributed by atoms with Gasteiger partial charge in [-0.3, -0.25) is 4.79 Å². The van der Waals surface area contributed by atoms with Crippen molar-refractivity contribution in [2.45, 2.75) is 18.4 Å². The zero-order chi connectivity index (χ0) is 18.0. The molecule has 3 rings (SSSR count). The summed E-state index contributed by atoms with van der Waals surface area (Å²) < 4.78 is 13.5. The van der Waals surface area contributed by atoms with E-state index in [0.717, 1.165) is 18.5 Å². The van der Waals surface area contributed by atoms with Gasteiger partial charge in [0.15, 0.2) is 0 Å². The summed E-state index contributed by atoms with van der Waals surface area (Å²) >= 11 is 11.8. The van der Waals surface area contributed by atoms with E-state index in [1.54, 1.807) is 41.3 Å². The van der Waals surface area contributed by atoms with E-state index in [0.29, 0.717) is 17.1 Å². The molecule has 1 N–H and O–H groups in total. The fourth-order valence-electron chi connectivity index (χ4n) is 3.34. The molecule has 2 atom stereocenters. The summed E-state index contributed by atoms with van der Waals surface area (Å²) in [6, 6.07) is 11.7. The molecule has 1 fully saturated rings. The Morgan fingerprint density at radius 1 is 1.20 bits per heavy atom. The van der Waals surface area contributed by atoms with E-state index in [2.05, 4.69) is 5.32 Å². The number of hydrogen-bond donors (Lipinski definition) is 1. The van der Waals surface area contributed by atoms with Gasteiger partial charge < -0.3 is 10.2 Å². The third-order valence-corrected chi connectivity index (χ3v) is 5.27. The third-order valence-electron chi connectivity index (χ3n) is 4.73. The Labute approximate surface area is 156 Å². The third kappa shape index (κ3) is 3.97. The molecule has 1 amide bonds. The van der Waals surface area contributed by atoms with Crippen LogP contribution in [0.4, 0.5) is 4.39 Å². The van der Waals surface area contributed by atoms with Crippen molar-refractivity contribution in [2.24, 2.45) is 0 Å². The minimum atomic E-state index is -0.434. The van der Waals surface area contributed by atoms with Gasteiger partial charge in [0, 0.05) is 36.1 Å². The van der Waals surface area contributed by atoms with Crippen LogP contribution in [0.2, 0.25) is 10.0 Å². The minimum absolute atomic E-state index is 0.00551. The molecule has 2 aromatic carbocycles. The number of hydrogen-bond acceptors (Lipinski definition) is 2. The van der Waals surface area contributed by atoms with Crippen molar-refractivity contribution in [3.05, 3.63) is 69.5 Å². The maximum Gasteiger partial charge on any atom is 0.253 e. The lowest BCUT2D eigenvalue weighted by Crippen LogP contribution is -2.49. The summed E-state index contributed by atoms with van der Waals surface area (Å²) in [5.74, 6) is -0.439. The van der Waals surface area contributed by atoms with Crippen molar-refractivity contribution in [1.29, 1.82) is 0 Å². The van der Waals surface area contributed by atoms with Gasteiger partial charge in [0.25, 0.3) is 5.91 Å². The predicted molar refractivity (Wildman–Crippen MR) is 99.0 cm³/mol. The van der Waals surface area contributed by atoms with Gasteiger partial charge in [0.1, 0.15) is 5.82 Å². The summed E-state index contributed by atoms with van der Waals surface area (Å²) in [6.45, 7) is 1.54. The molecule has 0 radical (unpaired) electrons. The van der Waals surface area contributed by atoms with Crippen LogP contribution in [0.25, 0.3) is 0 Å². The second-order valence-corrected chi connectivity index (χ2v) is 7.11. The van der Waals surface area contributed by atoms with E-state index in [1.807, 2.05) is 7.05 Å². The first-order chi connectivity index (χ1) is 12.0. The van der Waals surface area contributed by atoms with Gasteiger partial charge in [0.05, 0.1) is 5.02 Å². The van der Waals surface area contributed by atoms with Crippen molar-refractivity contribution >= 4 is 29.1 Å². The van der Waals surface area contributed by atoms with Crippen LogP contribution in [0.3, 0.4) is 0 Å². The molecule has 1 saturated heterocycles. The lowest BCUT2D eigenvalue weighted by molar-refractivity contribution is 0.0679. The molecule has 0 bridgehead atoms. The van der Waals surface area contributed by atoms with E-state index in [4.69, 9.17) is 23.2 Å². The summed E-state index contributed by atoms with van der Waals surface area (Å²) in [6.07, 6.45) is 0.815. The van der Waals surface area contributed by atoms with Crippen LogP contribution >= 0.6 is 23.2 Å². The van der Waals surface area contributed by atoms with Crippen molar-refractivity contribution in [1.82, 2.24) is 10.2 Å². The number of halogens is 3. The Bertz CT molecular complexity index is 767. The first kappa shape index (κ1) is 18.2. The molecule has 0 saturated carbocycles. The molecular formula is C19H19Cl2FN2O. The number of nitrogens with one attached hydrogen (secondary N) is 1. The van der Waals surface area contributed by atoms with E-state index >= 15 is 0 Å². The summed E-state index contributed by atoms with van der Waals surface area (Å²) in [7, 11) is 1.81. The Hall–Kier alpha value is -1.62. The molecule has 0 aliphatic carbocycles. The summed E-state index contributed by atoms with van der Waals surface area (Å²) in [5.41, 5.74) is 1.53. The molecular weight excluding hydrogens is 362 g/mol. The highest BCUT2D eigenvalue weighted by Crippen LogP contribution is 2.30. The number of amides is 1. The van der Waals surface area contributed by atoms with Crippen LogP contribution in [0.5, 0.6) is 0 Å². The van der Waals surface area contributed by atoms with E-state index < -0.39 is 5.82 Å². The largest absolute Gasteiger partial charge is 0.338 e. The van der Waals surface area contributed by atoms with E-state index in [9.17, 15) is 9.18 Å². The quantitative estimate of drug-likeness (QED) is 0.858. The van der Waals surface area contributed by atoms with Gasteiger partial charge in [-0.2, -0.15) is 0 Å². The fourth-order valence-corrected chi connectivity index (χ4v) is 3.65. The number of carbonyl (C=O) groups excluding carboxylic acids is 1. The number of carbonyl (C=O) groups is 1. The molecule has 2 aromatic rings. The first-order valence-corrected chi connectivity index (χ1v) is 8.91. The Kier molecular flexibility index (Phi) is 5.62. The lowest BCUT2D eigenvalue weighted by atomic mass is 9.85. The molecule has 2 unspecified atom stereocenters. The molecule has 3 nitrogen and oxygen atoms in total. The van der Waals surface area contributed by atoms with Gasteiger partial charge in [-0.15, -0.1) is 0 Å². The Balaban J connectivity index is 1.85. The van der Waals surface area contributed by atoms with Gasteiger partial charge in [-0.25, -0.2) is 4.39 Å². The molecule has 0 spiro atoms. The smallest absolute Gasteiger partial charge is 0.253 e. The van der Waals surface area contributed by atoms with Crippen molar-refractivity contribution in [3.63, 3.8) is 0 Å². The number of piperidine rings is 1. The molecule has 6 heteroatoms. The van der Waals surface area contributed by atoms with Crippen LogP contribution in [-0.2, 0) is 0 Å². The van der Waals surface area contributed by atoms with Crippen LogP contribution < -0.4 is 5.32 Å². The van der Waals surface area contributed by atoms with Gasteiger partial charge in [-0.05, 0) is 54.9 Å². The van der Waals surface area contributed by atoms with Crippen molar-refractivity contribution in [2.75, 3.05) is 20.1 Å². The van der Waals surface area contributed by atoms with Crippen molar-refractivity contribution < 1.29 is 9.18 Å².